The molecule has 112 valence electrons. The Balaban J connectivity index is 2.06. The Morgan fingerprint density at radius 3 is 2.75 bits per heavy atom. The Hall–Kier alpha value is -1.49. The van der Waals surface area contributed by atoms with E-state index in [-0.39, 0.29) is 11.9 Å². The second kappa shape index (κ2) is 6.31. The Kier molecular flexibility index (Phi) is 4.70. The van der Waals surface area contributed by atoms with E-state index in [0.717, 1.165) is 32.6 Å². The number of amides is 1. The number of rotatable bonds is 4. The summed E-state index contributed by atoms with van der Waals surface area (Å²) in [4.78, 5) is 14.4. The lowest BCUT2D eigenvalue weighted by Crippen LogP contribution is -2.35. The maximum absolute atomic E-state index is 12.6. The molecule has 0 radical (unpaired) electrons. The first-order valence-corrected chi connectivity index (χ1v) is 7.29. The highest BCUT2D eigenvalue weighted by atomic mass is 16.5. The highest BCUT2D eigenvalue weighted by Gasteiger charge is 2.22. The molecule has 1 aliphatic rings. The van der Waals surface area contributed by atoms with Crippen molar-refractivity contribution in [1.82, 2.24) is 9.47 Å². The molecule has 1 saturated heterocycles. The van der Waals surface area contributed by atoms with E-state index in [1.807, 2.05) is 22.7 Å². The lowest BCUT2D eigenvalue weighted by molar-refractivity contribution is 0.0493. The van der Waals surface area contributed by atoms with Crippen molar-refractivity contribution in [1.29, 1.82) is 0 Å². The highest BCUT2D eigenvalue weighted by Crippen LogP contribution is 2.20. The number of nitrogens with two attached hydrogens (primary N) is 1. The van der Waals surface area contributed by atoms with Crippen molar-refractivity contribution < 1.29 is 9.53 Å². The van der Waals surface area contributed by atoms with Gasteiger partial charge in [-0.1, -0.05) is 0 Å². The van der Waals surface area contributed by atoms with Gasteiger partial charge in [-0.15, -0.1) is 0 Å². The van der Waals surface area contributed by atoms with Crippen LogP contribution in [-0.4, -0.2) is 42.2 Å². The van der Waals surface area contributed by atoms with Gasteiger partial charge in [0.15, 0.2) is 0 Å². The SMILES string of the molecule is CC(C)n1cc(N)cc1C(=O)N(C)CC1CCOCC1. The third-order valence-corrected chi connectivity index (χ3v) is 3.86. The molecule has 2 heterocycles. The summed E-state index contributed by atoms with van der Waals surface area (Å²) in [6.45, 7) is 6.50. The van der Waals surface area contributed by atoms with Crippen LogP contribution in [0.25, 0.3) is 0 Å². The summed E-state index contributed by atoms with van der Waals surface area (Å²) in [5, 5.41) is 0. The first kappa shape index (κ1) is 14.9. The predicted molar refractivity (Wildman–Crippen MR) is 79.7 cm³/mol. The monoisotopic (exact) mass is 279 g/mol. The van der Waals surface area contributed by atoms with Gasteiger partial charge in [-0.25, -0.2) is 0 Å². The summed E-state index contributed by atoms with van der Waals surface area (Å²) >= 11 is 0. The van der Waals surface area contributed by atoms with Crippen molar-refractivity contribution in [2.45, 2.75) is 32.7 Å². The zero-order valence-corrected chi connectivity index (χ0v) is 12.6. The maximum atomic E-state index is 12.6. The van der Waals surface area contributed by atoms with Crippen molar-refractivity contribution in [3.05, 3.63) is 18.0 Å². The fourth-order valence-corrected chi connectivity index (χ4v) is 2.69. The molecule has 0 spiro atoms. The average Bonchev–Trinajstić information content (AvgIpc) is 2.81. The Bertz CT molecular complexity index is 462. The molecule has 0 aromatic carbocycles. The minimum atomic E-state index is 0.0434. The number of hydrogen-bond donors (Lipinski definition) is 1. The Labute approximate surface area is 120 Å². The van der Waals surface area contributed by atoms with E-state index in [1.165, 1.54) is 0 Å². The number of nitrogen functional groups attached to an aromatic ring is 1. The second-order valence-electron chi connectivity index (χ2n) is 5.90. The van der Waals surface area contributed by atoms with Gasteiger partial charge in [-0.05, 0) is 38.7 Å². The summed E-state index contributed by atoms with van der Waals surface area (Å²) in [7, 11) is 1.87. The number of nitrogens with zero attached hydrogens (tertiary/aromatic N) is 2. The van der Waals surface area contributed by atoms with Crippen molar-refractivity contribution in [2.75, 3.05) is 32.5 Å². The van der Waals surface area contributed by atoms with Crippen molar-refractivity contribution in [3.63, 3.8) is 0 Å². The van der Waals surface area contributed by atoms with Crippen molar-refractivity contribution in [3.8, 4) is 0 Å². The molecule has 0 aliphatic carbocycles. The molecule has 1 fully saturated rings. The maximum Gasteiger partial charge on any atom is 0.270 e. The number of carbonyl (C=O) groups is 1. The molecular formula is C15H25N3O2. The van der Waals surface area contributed by atoms with Gasteiger partial charge in [-0.3, -0.25) is 4.79 Å². The summed E-state index contributed by atoms with van der Waals surface area (Å²) in [5.41, 5.74) is 7.14. The van der Waals surface area contributed by atoms with E-state index in [4.69, 9.17) is 10.5 Å². The van der Waals surface area contributed by atoms with Gasteiger partial charge < -0.3 is 19.9 Å². The molecular weight excluding hydrogens is 254 g/mol. The molecule has 0 bridgehead atoms. The first-order chi connectivity index (χ1) is 9.49. The minimum absolute atomic E-state index is 0.0434. The molecule has 5 nitrogen and oxygen atoms in total. The summed E-state index contributed by atoms with van der Waals surface area (Å²) in [6.07, 6.45) is 3.90. The zero-order valence-electron chi connectivity index (χ0n) is 12.6. The number of anilines is 1. The topological polar surface area (TPSA) is 60.5 Å². The third kappa shape index (κ3) is 3.33. The predicted octanol–water partition coefficient (Wildman–Crippen LogP) is 2.15. The summed E-state index contributed by atoms with van der Waals surface area (Å²) < 4.78 is 7.30. The number of aromatic nitrogens is 1. The molecule has 20 heavy (non-hydrogen) atoms. The quantitative estimate of drug-likeness (QED) is 0.918. The van der Waals surface area contributed by atoms with Crippen LogP contribution in [0.3, 0.4) is 0 Å². The number of ether oxygens (including phenoxy) is 1. The fourth-order valence-electron chi connectivity index (χ4n) is 2.69. The van der Waals surface area contributed by atoms with Gasteiger partial charge in [0.05, 0.1) is 5.69 Å². The standard InChI is InChI=1S/C15H25N3O2/c1-11(2)18-10-13(16)8-14(18)15(19)17(3)9-12-4-6-20-7-5-12/h8,10-12H,4-7,9,16H2,1-3H3. The smallest absolute Gasteiger partial charge is 0.270 e. The van der Waals surface area contributed by atoms with E-state index in [9.17, 15) is 4.79 Å². The normalized spacial score (nSPS) is 16.6. The van der Waals surface area contributed by atoms with E-state index >= 15 is 0 Å². The second-order valence-corrected chi connectivity index (χ2v) is 5.90. The Morgan fingerprint density at radius 1 is 1.50 bits per heavy atom. The van der Waals surface area contributed by atoms with Crippen molar-refractivity contribution in [2.24, 2.45) is 5.92 Å². The van der Waals surface area contributed by atoms with Gasteiger partial charge in [0.2, 0.25) is 0 Å². The van der Waals surface area contributed by atoms with E-state index < -0.39 is 0 Å². The van der Waals surface area contributed by atoms with Gasteiger partial charge in [0, 0.05) is 39.0 Å². The fraction of sp³-hybridized carbons (Fsp3) is 0.667. The van der Waals surface area contributed by atoms with Crippen LogP contribution >= 0.6 is 0 Å². The van der Waals surface area contributed by atoms with Crippen LogP contribution in [0.2, 0.25) is 0 Å². The molecule has 0 saturated carbocycles. The van der Waals surface area contributed by atoms with E-state index in [2.05, 4.69) is 13.8 Å². The van der Waals surface area contributed by atoms with Crippen LogP contribution in [-0.2, 0) is 4.74 Å². The minimum Gasteiger partial charge on any atom is -0.397 e. The van der Waals surface area contributed by atoms with Gasteiger partial charge in [0.25, 0.3) is 5.91 Å². The molecule has 0 atom stereocenters. The zero-order chi connectivity index (χ0) is 14.7. The lowest BCUT2D eigenvalue weighted by atomic mass is 10.00. The van der Waals surface area contributed by atoms with Gasteiger partial charge in [0.1, 0.15) is 5.69 Å². The number of carbonyl (C=O) groups excluding carboxylic acids is 1. The summed E-state index contributed by atoms with van der Waals surface area (Å²) in [6, 6.07) is 1.99. The summed E-state index contributed by atoms with van der Waals surface area (Å²) in [5.74, 6) is 0.583. The largest absolute Gasteiger partial charge is 0.397 e. The van der Waals surface area contributed by atoms with Crippen LogP contribution in [0, 0.1) is 5.92 Å². The molecule has 2 N–H and O–H groups in total. The molecule has 0 unspecified atom stereocenters. The average molecular weight is 279 g/mol. The lowest BCUT2D eigenvalue weighted by Gasteiger charge is -2.27. The number of hydrogen-bond acceptors (Lipinski definition) is 3. The van der Waals surface area contributed by atoms with E-state index in [1.54, 1.807) is 6.07 Å². The highest BCUT2D eigenvalue weighted by molar-refractivity contribution is 5.93. The third-order valence-electron chi connectivity index (χ3n) is 3.86. The van der Waals surface area contributed by atoms with Crippen LogP contribution in [0.4, 0.5) is 5.69 Å². The molecule has 1 amide bonds. The van der Waals surface area contributed by atoms with Crippen LogP contribution in [0.5, 0.6) is 0 Å². The molecule has 1 aromatic heterocycles. The van der Waals surface area contributed by atoms with Crippen LogP contribution in [0.1, 0.15) is 43.2 Å². The first-order valence-electron chi connectivity index (χ1n) is 7.29. The van der Waals surface area contributed by atoms with Gasteiger partial charge in [-0.2, -0.15) is 0 Å². The van der Waals surface area contributed by atoms with Gasteiger partial charge >= 0.3 is 0 Å². The molecule has 1 aliphatic heterocycles. The molecule has 2 rings (SSSR count). The van der Waals surface area contributed by atoms with Crippen LogP contribution in [0.15, 0.2) is 12.3 Å². The van der Waals surface area contributed by atoms with Crippen molar-refractivity contribution >= 4 is 11.6 Å². The molecule has 1 aromatic rings. The molecule has 5 heteroatoms. The van der Waals surface area contributed by atoms with E-state index in [0.29, 0.717) is 17.3 Å². The van der Waals surface area contributed by atoms with Crippen LogP contribution < -0.4 is 5.73 Å². The Morgan fingerprint density at radius 2 is 2.15 bits per heavy atom.